The zero-order valence-electron chi connectivity index (χ0n) is 25.6. The maximum absolute atomic E-state index is 12.6. The quantitative estimate of drug-likeness (QED) is 0.253. The molecule has 1 rings (SSSR count). The highest BCUT2D eigenvalue weighted by atomic mass is 16.7. The molecule has 10 heteroatoms. The van der Waals surface area contributed by atoms with Gasteiger partial charge in [0.05, 0.1) is 19.4 Å². The van der Waals surface area contributed by atoms with Crippen LogP contribution in [0.25, 0.3) is 0 Å². The minimum atomic E-state index is -1.83. The summed E-state index contributed by atoms with van der Waals surface area (Å²) in [5.41, 5.74) is 3.94. The number of nitrogens with two attached hydrogens (primary N) is 1. The van der Waals surface area contributed by atoms with Gasteiger partial charge in [0.15, 0.2) is 11.5 Å². The van der Waals surface area contributed by atoms with Crippen LogP contribution in [0.3, 0.4) is 0 Å². The number of carbonyl (C=O) groups excluding carboxylic acids is 3. The molecule has 0 aliphatic rings. The van der Waals surface area contributed by atoms with E-state index in [4.69, 9.17) is 24.7 Å². The Hall–Kier alpha value is -3.14. The lowest BCUT2D eigenvalue weighted by Gasteiger charge is -2.28. The molecule has 0 saturated heterocycles. The van der Waals surface area contributed by atoms with Crippen molar-refractivity contribution in [2.45, 2.75) is 107 Å². The summed E-state index contributed by atoms with van der Waals surface area (Å²) in [6.45, 7) is 18.7. The summed E-state index contributed by atoms with van der Waals surface area (Å²) < 4.78 is 21.4. The predicted octanol–water partition coefficient (Wildman–Crippen LogP) is 5.67. The molecule has 1 aromatic rings. The van der Waals surface area contributed by atoms with Crippen LogP contribution >= 0.6 is 0 Å². The SMILES string of the molecule is C[C@@H](CC(N)(Cc1ccc(OC(=O)CC(C)(C)C)c(OC(=O)CC(C)(C)C)c1)C(=O)O)OC(=O)OCC(C)(C)C. The Kier molecular flexibility index (Phi) is 11.8. The Bertz CT molecular complexity index is 1060. The average molecular weight is 566 g/mol. The van der Waals surface area contributed by atoms with Gasteiger partial charge in [0.25, 0.3) is 0 Å². The number of hydrogen-bond donors (Lipinski definition) is 2. The van der Waals surface area contributed by atoms with Crippen molar-refractivity contribution < 1.29 is 43.2 Å². The fourth-order valence-electron chi connectivity index (χ4n) is 3.64. The van der Waals surface area contributed by atoms with Crippen LogP contribution in [0.4, 0.5) is 4.79 Å². The molecule has 0 spiro atoms. The van der Waals surface area contributed by atoms with E-state index in [-0.39, 0.29) is 60.0 Å². The van der Waals surface area contributed by atoms with E-state index in [0.717, 1.165) is 0 Å². The maximum atomic E-state index is 12.6. The highest BCUT2D eigenvalue weighted by Gasteiger charge is 2.37. The van der Waals surface area contributed by atoms with E-state index in [0.29, 0.717) is 5.56 Å². The largest absolute Gasteiger partial charge is 0.508 e. The standard InChI is InChI=1S/C30H47NO9/c1-19(38-26(36)37-18-29(8,9)10)14-30(31,25(34)35)15-20-11-12-21(39-23(32)16-27(2,3)4)22(13-20)40-24(33)17-28(5,6)7/h11-13,19H,14-18,31H2,1-10H3,(H,34,35)/t19-,30?/m0/s1. The van der Waals surface area contributed by atoms with E-state index in [1.165, 1.54) is 19.1 Å². The first kappa shape index (κ1) is 34.9. The van der Waals surface area contributed by atoms with Crippen molar-refractivity contribution in [2.24, 2.45) is 22.0 Å². The highest BCUT2D eigenvalue weighted by Crippen LogP contribution is 2.33. The molecular formula is C30H47NO9. The molecule has 226 valence electrons. The van der Waals surface area contributed by atoms with Crippen LogP contribution in [-0.2, 0) is 30.3 Å². The van der Waals surface area contributed by atoms with E-state index < -0.39 is 35.7 Å². The number of ether oxygens (including phenoxy) is 4. The van der Waals surface area contributed by atoms with Gasteiger partial charge in [-0.05, 0) is 40.9 Å². The Labute approximate surface area is 237 Å². The Morgan fingerprint density at radius 1 is 0.825 bits per heavy atom. The van der Waals surface area contributed by atoms with Crippen molar-refractivity contribution in [1.29, 1.82) is 0 Å². The van der Waals surface area contributed by atoms with Gasteiger partial charge in [-0.1, -0.05) is 68.4 Å². The molecule has 0 heterocycles. The van der Waals surface area contributed by atoms with Crippen LogP contribution in [0, 0.1) is 16.2 Å². The van der Waals surface area contributed by atoms with Crippen LogP contribution in [0.1, 0.15) is 94.1 Å². The van der Waals surface area contributed by atoms with Crippen LogP contribution in [0.15, 0.2) is 18.2 Å². The summed E-state index contributed by atoms with van der Waals surface area (Å²) in [7, 11) is 0. The molecule has 0 aliphatic heterocycles. The second kappa shape index (κ2) is 13.5. The molecule has 1 unspecified atom stereocenters. The number of hydrogen-bond acceptors (Lipinski definition) is 9. The topological polar surface area (TPSA) is 151 Å². The van der Waals surface area contributed by atoms with Crippen molar-refractivity contribution in [3.05, 3.63) is 23.8 Å². The van der Waals surface area contributed by atoms with E-state index >= 15 is 0 Å². The van der Waals surface area contributed by atoms with E-state index in [1.807, 2.05) is 62.3 Å². The van der Waals surface area contributed by atoms with E-state index in [1.54, 1.807) is 6.07 Å². The highest BCUT2D eigenvalue weighted by molar-refractivity contribution is 5.80. The smallest absolute Gasteiger partial charge is 0.480 e. The van der Waals surface area contributed by atoms with Gasteiger partial charge in [0, 0.05) is 12.8 Å². The third-order valence-electron chi connectivity index (χ3n) is 5.32. The molecule has 0 aromatic heterocycles. The lowest BCUT2D eigenvalue weighted by Crippen LogP contribution is -2.52. The fourth-order valence-corrected chi connectivity index (χ4v) is 3.64. The van der Waals surface area contributed by atoms with Gasteiger partial charge in [-0.2, -0.15) is 0 Å². The number of esters is 2. The third-order valence-corrected chi connectivity index (χ3v) is 5.32. The first-order chi connectivity index (χ1) is 18.0. The van der Waals surface area contributed by atoms with Crippen molar-refractivity contribution in [2.75, 3.05) is 6.61 Å². The summed E-state index contributed by atoms with van der Waals surface area (Å²) >= 11 is 0. The van der Waals surface area contributed by atoms with Crippen molar-refractivity contribution in [3.63, 3.8) is 0 Å². The van der Waals surface area contributed by atoms with Gasteiger partial charge >= 0.3 is 24.1 Å². The fraction of sp³-hybridized carbons (Fsp3) is 0.667. The molecule has 0 saturated carbocycles. The molecule has 1 aromatic carbocycles. The summed E-state index contributed by atoms with van der Waals surface area (Å²) in [6, 6.07) is 4.43. The van der Waals surface area contributed by atoms with Crippen LogP contribution in [-0.4, -0.2) is 47.4 Å². The number of carboxylic acids is 1. The van der Waals surface area contributed by atoms with Gasteiger partial charge in [-0.25, -0.2) is 4.79 Å². The molecule has 0 radical (unpaired) electrons. The molecule has 0 fully saturated rings. The van der Waals surface area contributed by atoms with Gasteiger partial charge in [0.2, 0.25) is 0 Å². The zero-order valence-corrected chi connectivity index (χ0v) is 25.6. The van der Waals surface area contributed by atoms with Gasteiger partial charge in [0.1, 0.15) is 11.6 Å². The van der Waals surface area contributed by atoms with Gasteiger partial charge in [-0.15, -0.1) is 0 Å². The Morgan fingerprint density at radius 2 is 1.32 bits per heavy atom. The first-order valence-electron chi connectivity index (χ1n) is 13.4. The lowest BCUT2D eigenvalue weighted by atomic mass is 9.86. The molecule has 0 aliphatic carbocycles. The van der Waals surface area contributed by atoms with Crippen molar-refractivity contribution >= 4 is 24.1 Å². The van der Waals surface area contributed by atoms with E-state index in [9.17, 15) is 24.3 Å². The normalized spacial score (nSPS) is 14.5. The molecule has 10 nitrogen and oxygen atoms in total. The van der Waals surface area contributed by atoms with Crippen LogP contribution in [0.2, 0.25) is 0 Å². The number of benzene rings is 1. The summed E-state index contributed by atoms with van der Waals surface area (Å²) in [5.74, 6) is -2.33. The molecule has 2 atom stereocenters. The monoisotopic (exact) mass is 565 g/mol. The van der Waals surface area contributed by atoms with E-state index in [2.05, 4.69) is 0 Å². The van der Waals surface area contributed by atoms with Crippen LogP contribution < -0.4 is 15.2 Å². The minimum absolute atomic E-state index is 0.0168. The summed E-state index contributed by atoms with van der Waals surface area (Å²) in [6.07, 6.45) is -1.95. The summed E-state index contributed by atoms with van der Waals surface area (Å²) in [5, 5.41) is 9.96. The zero-order chi connectivity index (χ0) is 31.1. The molecule has 40 heavy (non-hydrogen) atoms. The predicted molar refractivity (Wildman–Crippen MR) is 150 cm³/mol. The van der Waals surface area contributed by atoms with Crippen molar-refractivity contribution in [1.82, 2.24) is 0 Å². The maximum Gasteiger partial charge on any atom is 0.508 e. The first-order valence-corrected chi connectivity index (χ1v) is 13.4. The second-order valence-corrected chi connectivity index (χ2v) is 14.1. The average Bonchev–Trinajstić information content (AvgIpc) is 2.70. The Balaban J connectivity index is 3.19. The van der Waals surface area contributed by atoms with Gasteiger partial charge in [-0.3, -0.25) is 14.4 Å². The molecule has 0 bridgehead atoms. The number of carbonyl (C=O) groups is 4. The lowest BCUT2D eigenvalue weighted by molar-refractivity contribution is -0.145. The van der Waals surface area contributed by atoms with Crippen molar-refractivity contribution in [3.8, 4) is 11.5 Å². The third kappa shape index (κ3) is 13.8. The number of aliphatic carboxylic acids is 1. The molecule has 3 N–H and O–H groups in total. The second-order valence-electron chi connectivity index (χ2n) is 14.1. The Morgan fingerprint density at radius 3 is 1.77 bits per heavy atom. The summed E-state index contributed by atoms with van der Waals surface area (Å²) in [4.78, 5) is 49.4. The number of rotatable bonds is 11. The molecule has 0 amide bonds. The molecular weight excluding hydrogens is 518 g/mol. The van der Waals surface area contributed by atoms with Crippen LogP contribution in [0.5, 0.6) is 11.5 Å². The minimum Gasteiger partial charge on any atom is -0.480 e. The van der Waals surface area contributed by atoms with Gasteiger partial charge < -0.3 is 29.8 Å². The number of carboxylic acid groups (broad SMARTS) is 1.